The normalized spacial score (nSPS) is 20.1. The van der Waals surface area contributed by atoms with Crippen LogP contribution in [-0.4, -0.2) is 53.2 Å². The zero-order valence-electron chi connectivity index (χ0n) is 32.3. The Labute approximate surface area is 324 Å². The molecule has 3 aromatic carbocycles. The first-order chi connectivity index (χ1) is 26.4. The molecule has 2 aliphatic rings. The molecule has 0 bridgehead atoms. The van der Waals surface area contributed by atoms with E-state index in [1.54, 1.807) is 38.2 Å². The summed E-state index contributed by atoms with van der Waals surface area (Å²) < 4.78 is 12.7. The lowest BCUT2D eigenvalue weighted by atomic mass is 9.65. The number of rotatable bonds is 9. The number of phenols is 6. The fourth-order valence-corrected chi connectivity index (χ4v) is 8.01. The van der Waals surface area contributed by atoms with E-state index in [0.29, 0.717) is 29.7 Å². The number of aliphatic hydroxyl groups excluding tert-OH is 1. The number of aliphatic hydroxyl groups is 1. The maximum Gasteiger partial charge on any atom is 0.200 e. The molecular formula is C45H48O11. The molecule has 4 aromatic rings. The predicted molar refractivity (Wildman–Crippen MR) is 212 cm³/mol. The molecule has 0 saturated carbocycles. The fraction of sp³-hybridized carbons (Fsp3) is 0.333. The number of ether oxygens (including phenoxy) is 1. The van der Waals surface area contributed by atoms with E-state index in [2.05, 4.69) is 0 Å². The van der Waals surface area contributed by atoms with Crippen LogP contribution in [0.5, 0.6) is 34.5 Å². The topological polar surface area (TPSA) is 198 Å². The third kappa shape index (κ3) is 7.51. The highest BCUT2D eigenvalue weighted by molar-refractivity contribution is 5.93. The van der Waals surface area contributed by atoms with E-state index in [0.717, 1.165) is 23.8 Å². The van der Waals surface area contributed by atoms with Gasteiger partial charge in [0, 0.05) is 52.7 Å². The Kier molecular flexibility index (Phi) is 10.9. The van der Waals surface area contributed by atoms with Gasteiger partial charge in [0.25, 0.3) is 0 Å². The van der Waals surface area contributed by atoms with Crippen LogP contribution >= 0.6 is 0 Å². The van der Waals surface area contributed by atoms with Crippen molar-refractivity contribution in [2.75, 3.05) is 0 Å². The third-order valence-corrected chi connectivity index (χ3v) is 10.7. The number of Topliss-reactive ketones (excluding diaryl/α,β-unsaturated/α-hetero) is 1. The van der Waals surface area contributed by atoms with Crippen LogP contribution in [-0.2, 0) is 16.0 Å². The van der Waals surface area contributed by atoms with E-state index in [1.165, 1.54) is 24.3 Å². The van der Waals surface area contributed by atoms with Crippen LogP contribution in [0.1, 0.15) is 89.3 Å². The molecule has 0 spiro atoms. The van der Waals surface area contributed by atoms with Gasteiger partial charge in [0.05, 0.1) is 5.56 Å². The van der Waals surface area contributed by atoms with E-state index in [4.69, 9.17) is 9.15 Å². The van der Waals surface area contributed by atoms with Crippen molar-refractivity contribution in [3.05, 3.63) is 116 Å². The van der Waals surface area contributed by atoms with Gasteiger partial charge < -0.3 is 44.9 Å². The Morgan fingerprint density at radius 1 is 0.946 bits per heavy atom. The lowest BCUT2D eigenvalue weighted by Crippen LogP contribution is -2.39. The number of hydrogen-bond donors (Lipinski definition) is 7. The van der Waals surface area contributed by atoms with Gasteiger partial charge in [-0.05, 0) is 97.1 Å². The van der Waals surface area contributed by atoms with Gasteiger partial charge in [0.15, 0.2) is 5.78 Å². The number of fused-ring (bicyclic) bond motifs is 1. The molecule has 7 N–H and O–H groups in total. The molecule has 294 valence electrons. The average molecular weight is 765 g/mol. The maximum atomic E-state index is 14.8. The molecule has 11 nitrogen and oxygen atoms in total. The Balaban J connectivity index is 1.64. The van der Waals surface area contributed by atoms with Gasteiger partial charge in [-0.15, -0.1) is 0 Å². The van der Waals surface area contributed by atoms with Gasteiger partial charge in [0.1, 0.15) is 68.7 Å². The summed E-state index contributed by atoms with van der Waals surface area (Å²) in [6.07, 6.45) is 6.57. The summed E-state index contributed by atoms with van der Waals surface area (Å²) >= 11 is 0. The highest BCUT2D eigenvalue weighted by Gasteiger charge is 2.45. The second-order valence-electron chi connectivity index (χ2n) is 15.6. The van der Waals surface area contributed by atoms with Gasteiger partial charge in [0.2, 0.25) is 5.43 Å². The minimum Gasteiger partial charge on any atom is -0.508 e. The number of carbonyl (C=O) groups is 1. The molecule has 11 heteroatoms. The number of phenolic OH excluding ortho intramolecular Hbond substituents is 6. The van der Waals surface area contributed by atoms with Gasteiger partial charge in [-0.2, -0.15) is 0 Å². The minimum absolute atomic E-state index is 0.00330. The van der Waals surface area contributed by atoms with E-state index in [9.17, 15) is 45.3 Å². The lowest BCUT2D eigenvalue weighted by molar-refractivity contribution is -0.131. The minimum atomic E-state index is -1.60. The number of aromatic hydroxyl groups is 6. The molecule has 56 heavy (non-hydrogen) atoms. The van der Waals surface area contributed by atoms with Gasteiger partial charge >= 0.3 is 0 Å². The molecule has 1 aliphatic carbocycles. The summed E-state index contributed by atoms with van der Waals surface area (Å²) in [7, 11) is 0. The van der Waals surface area contributed by atoms with Crippen molar-refractivity contribution >= 4 is 16.8 Å². The van der Waals surface area contributed by atoms with E-state index < -0.39 is 57.9 Å². The molecule has 2 heterocycles. The van der Waals surface area contributed by atoms with Crippen LogP contribution in [0, 0.1) is 5.92 Å². The molecule has 0 saturated heterocycles. The Bertz CT molecular complexity index is 2410. The second-order valence-corrected chi connectivity index (χ2v) is 15.6. The molecule has 0 radical (unpaired) electrons. The zero-order valence-corrected chi connectivity index (χ0v) is 32.3. The van der Waals surface area contributed by atoms with Crippen LogP contribution in [0.3, 0.4) is 0 Å². The van der Waals surface area contributed by atoms with Crippen molar-refractivity contribution in [2.24, 2.45) is 5.92 Å². The molecule has 1 aliphatic heterocycles. The van der Waals surface area contributed by atoms with Gasteiger partial charge in [-0.3, -0.25) is 9.59 Å². The van der Waals surface area contributed by atoms with Crippen molar-refractivity contribution in [1.82, 2.24) is 0 Å². The van der Waals surface area contributed by atoms with E-state index in [-0.39, 0.29) is 69.1 Å². The second kappa shape index (κ2) is 15.3. The summed E-state index contributed by atoms with van der Waals surface area (Å²) in [5.41, 5.74) is 0.960. The predicted octanol–water partition coefficient (Wildman–Crippen LogP) is 8.39. The number of carbonyl (C=O) groups excluding carboxylic acids is 1. The molecular weight excluding hydrogens is 716 g/mol. The SMILES string of the molecule is C/C=C\C1=C(C(O)C(=O)C2CC(C)=CC(c3c(O)cc(O)c4c(=O)c(CC=C(C)C)c(-c5ccc(O)cc5O)oc34)C2c2ccc(O)cc2O)CCC(C)(C)O1. The van der Waals surface area contributed by atoms with Crippen LogP contribution in [0.4, 0.5) is 0 Å². The van der Waals surface area contributed by atoms with Crippen LogP contribution < -0.4 is 5.43 Å². The molecule has 6 rings (SSSR count). The summed E-state index contributed by atoms with van der Waals surface area (Å²) in [6, 6.07) is 8.78. The van der Waals surface area contributed by atoms with Gasteiger partial charge in [-0.25, -0.2) is 0 Å². The summed E-state index contributed by atoms with van der Waals surface area (Å²) in [4.78, 5) is 29.3. The summed E-state index contributed by atoms with van der Waals surface area (Å²) in [5.74, 6) is -5.58. The quantitative estimate of drug-likeness (QED) is 0.0808. The third-order valence-electron chi connectivity index (χ3n) is 10.7. The smallest absolute Gasteiger partial charge is 0.200 e. The molecule has 0 fully saturated rings. The first-order valence-electron chi connectivity index (χ1n) is 18.6. The zero-order chi connectivity index (χ0) is 40.8. The monoisotopic (exact) mass is 764 g/mol. The largest absolute Gasteiger partial charge is 0.508 e. The molecule has 0 amide bonds. The van der Waals surface area contributed by atoms with Crippen molar-refractivity contribution < 1.29 is 49.7 Å². The molecule has 4 atom stereocenters. The summed E-state index contributed by atoms with van der Waals surface area (Å²) in [6.45, 7) is 11.1. The van der Waals surface area contributed by atoms with Crippen molar-refractivity contribution in [1.29, 1.82) is 0 Å². The highest BCUT2D eigenvalue weighted by atomic mass is 16.5. The Morgan fingerprint density at radius 2 is 1.62 bits per heavy atom. The number of ketones is 1. The van der Waals surface area contributed by atoms with Crippen LogP contribution in [0.25, 0.3) is 22.3 Å². The van der Waals surface area contributed by atoms with Crippen molar-refractivity contribution in [3.63, 3.8) is 0 Å². The standard InChI is InChI=1S/C45H48O11/c1-7-8-36-28(15-16-45(5,6)56-36)41(53)42(54)31-18-23(4)17-30(37(31)26-13-10-24(46)19-32(26)48)38-34(50)21-35(51)39-40(52)29(12-9-22(2)3)43(55-44(38)39)27-14-11-25(47)20-33(27)49/h7-11,13-14,17,19-21,30-31,37,41,46-51,53H,12,15-16,18H2,1-6H3/b8-7-. The molecule has 4 unspecified atom stereocenters. The van der Waals surface area contributed by atoms with Crippen molar-refractivity contribution in [2.45, 2.75) is 90.8 Å². The average Bonchev–Trinajstić information content (AvgIpc) is 3.10. The Hall–Kier alpha value is -5.94. The maximum absolute atomic E-state index is 14.8. The number of benzene rings is 3. The fourth-order valence-electron chi connectivity index (χ4n) is 8.01. The highest BCUT2D eigenvalue weighted by Crippen LogP contribution is 2.54. The lowest BCUT2D eigenvalue weighted by Gasteiger charge is -2.39. The van der Waals surface area contributed by atoms with E-state index in [1.807, 2.05) is 27.7 Å². The first-order valence-corrected chi connectivity index (χ1v) is 18.6. The summed E-state index contributed by atoms with van der Waals surface area (Å²) in [5, 5.41) is 77.4. The molecule has 1 aromatic heterocycles. The van der Waals surface area contributed by atoms with Crippen LogP contribution in [0.2, 0.25) is 0 Å². The Morgan fingerprint density at radius 3 is 2.27 bits per heavy atom. The number of allylic oxidation sites excluding steroid dienone is 6. The van der Waals surface area contributed by atoms with Crippen molar-refractivity contribution in [3.8, 4) is 45.8 Å². The number of hydrogen-bond acceptors (Lipinski definition) is 11. The van der Waals surface area contributed by atoms with Crippen LogP contribution in [0.15, 0.2) is 98.5 Å². The first kappa shape index (κ1) is 39.7. The van der Waals surface area contributed by atoms with Gasteiger partial charge in [-0.1, -0.05) is 35.4 Å². The van der Waals surface area contributed by atoms with E-state index >= 15 is 0 Å².